The molecule has 0 saturated carbocycles. The van der Waals surface area contributed by atoms with Crippen LogP contribution >= 0.6 is 0 Å². The van der Waals surface area contributed by atoms with Crippen molar-refractivity contribution in [3.8, 4) is 0 Å². The number of likely N-dealkylation sites (tertiary alicyclic amines) is 1. The number of aromatic nitrogens is 1. The minimum atomic E-state index is 0.0569. The van der Waals surface area contributed by atoms with E-state index in [1.165, 1.54) is 5.69 Å². The van der Waals surface area contributed by atoms with Crippen LogP contribution in [0.2, 0.25) is 0 Å². The normalized spacial score (nSPS) is 20.0. The molecule has 5 nitrogen and oxygen atoms in total. The van der Waals surface area contributed by atoms with Gasteiger partial charge >= 0.3 is 0 Å². The second-order valence-electron chi connectivity index (χ2n) is 6.07. The number of hydrogen-bond donors (Lipinski definition) is 1. The lowest BCUT2D eigenvalue weighted by atomic mass is 9.95. The van der Waals surface area contributed by atoms with Gasteiger partial charge in [-0.15, -0.1) is 0 Å². The average molecular weight is 289 g/mol. The molecule has 1 aromatic heterocycles. The fourth-order valence-corrected chi connectivity index (χ4v) is 3.43. The fraction of sp³-hybridized carbons (Fsp3) is 0.625. The van der Waals surface area contributed by atoms with E-state index in [1.54, 1.807) is 6.92 Å². The lowest BCUT2D eigenvalue weighted by molar-refractivity contribution is -0.133. The SMILES string of the molecule is CC(=O)N1CCC(C(=O)N2CCCCc3[nH]ccc32)CC1. The van der Waals surface area contributed by atoms with Gasteiger partial charge < -0.3 is 14.8 Å². The summed E-state index contributed by atoms with van der Waals surface area (Å²) in [5.41, 5.74) is 2.24. The summed E-state index contributed by atoms with van der Waals surface area (Å²) in [5.74, 6) is 0.408. The monoisotopic (exact) mass is 289 g/mol. The van der Waals surface area contributed by atoms with Crippen LogP contribution in [-0.2, 0) is 16.0 Å². The summed E-state index contributed by atoms with van der Waals surface area (Å²) in [6.07, 6.45) is 6.70. The zero-order chi connectivity index (χ0) is 14.8. The molecule has 5 heteroatoms. The van der Waals surface area contributed by atoms with E-state index in [1.807, 2.05) is 22.1 Å². The molecule has 0 bridgehead atoms. The van der Waals surface area contributed by atoms with E-state index < -0.39 is 0 Å². The zero-order valence-electron chi connectivity index (χ0n) is 12.6. The molecule has 2 amide bonds. The first-order valence-corrected chi connectivity index (χ1v) is 7.90. The maximum Gasteiger partial charge on any atom is 0.230 e. The van der Waals surface area contributed by atoms with Gasteiger partial charge in [0.15, 0.2) is 0 Å². The first-order valence-electron chi connectivity index (χ1n) is 7.90. The lowest BCUT2D eigenvalue weighted by Gasteiger charge is -2.33. The highest BCUT2D eigenvalue weighted by molar-refractivity contribution is 5.96. The third-order valence-electron chi connectivity index (χ3n) is 4.71. The van der Waals surface area contributed by atoms with E-state index in [4.69, 9.17) is 0 Å². The Labute approximate surface area is 125 Å². The van der Waals surface area contributed by atoms with Crippen LogP contribution in [-0.4, -0.2) is 41.3 Å². The minimum absolute atomic E-state index is 0.0569. The number of aromatic amines is 1. The highest BCUT2D eigenvalue weighted by Gasteiger charge is 2.31. The van der Waals surface area contributed by atoms with Gasteiger partial charge in [-0.1, -0.05) is 0 Å². The molecule has 0 atom stereocenters. The maximum absolute atomic E-state index is 12.9. The van der Waals surface area contributed by atoms with Gasteiger partial charge in [0.2, 0.25) is 11.8 Å². The van der Waals surface area contributed by atoms with Crippen LogP contribution in [0.15, 0.2) is 12.3 Å². The van der Waals surface area contributed by atoms with E-state index in [2.05, 4.69) is 4.98 Å². The van der Waals surface area contributed by atoms with Crippen LogP contribution in [0, 0.1) is 5.92 Å². The van der Waals surface area contributed by atoms with Crippen LogP contribution in [0.25, 0.3) is 0 Å². The van der Waals surface area contributed by atoms with Crippen molar-refractivity contribution in [3.63, 3.8) is 0 Å². The highest BCUT2D eigenvalue weighted by Crippen LogP contribution is 2.29. The standard InChI is InChI=1S/C16H23N3O2/c1-12(20)18-10-6-13(7-11-18)16(21)19-9-3-2-4-14-15(19)5-8-17-14/h5,8,13,17H,2-4,6-7,9-11H2,1H3. The lowest BCUT2D eigenvalue weighted by Crippen LogP contribution is -2.44. The summed E-state index contributed by atoms with van der Waals surface area (Å²) in [6, 6.07) is 2.02. The molecule has 1 saturated heterocycles. The third kappa shape index (κ3) is 2.82. The summed E-state index contributed by atoms with van der Waals surface area (Å²) < 4.78 is 0. The van der Waals surface area contributed by atoms with Crippen molar-refractivity contribution in [3.05, 3.63) is 18.0 Å². The Morgan fingerprint density at radius 1 is 1.19 bits per heavy atom. The molecule has 0 aliphatic carbocycles. The number of H-pyrrole nitrogens is 1. The molecule has 2 aliphatic rings. The second-order valence-corrected chi connectivity index (χ2v) is 6.07. The van der Waals surface area contributed by atoms with Crippen molar-refractivity contribution in [2.75, 3.05) is 24.5 Å². The van der Waals surface area contributed by atoms with Gasteiger partial charge in [0.05, 0.1) is 5.69 Å². The number of carbonyl (C=O) groups is 2. The number of amides is 2. The van der Waals surface area contributed by atoms with Crippen LogP contribution in [0.5, 0.6) is 0 Å². The van der Waals surface area contributed by atoms with Crippen molar-refractivity contribution < 1.29 is 9.59 Å². The number of anilines is 1. The van der Waals surface area contributed by atoms with Crippen molar-refractivity contribution in [1.82, 2.24) is 9.88 Å². The Kier molecular flexibility index (Phi) is 3.99. The molecule has 3 heterocycles. The second kappa shape index (κ2) is 5.92. The van der Waals surface area contributed by atoms with Crippen molar-refractivity contribution in [2.45, 2.75) is 39.0 Å². The number of aryl methyl sites for hydroxylation is 1. The van der Waals surface area contributed by atoms with E-state index >= 15 is 0 Å². The Morgan fingerprint density at radius 2 is 1.95 bits per heavy atom. The van der Waals surface area contributed by atoms with E-state index in [0.29, 0.717) is 13.1 Å². The Morgan fingerprint density at radius 3 is 2.67 bits per heavy atom. The molecule has 1 N–H and O–H groups in total. The fourth-order valence-electron chi connectivity index (χ4n) is 3.43. The molecule has 0 spiro atoms. The molecule has 1 fully saturated rings. The van der Waals surface area contributed by atoms with Crippen LogP contribution in [0.3, 0.4) is 0 Å². The van der Waals surface area contributed by atoms with Gasteiger partial charge in [0, 0.05) is 44.4 Å². The summed E-state index contributed by atoms with van der Waals surface area (Å²) in [5, 5.41) is 0. The van der Waals surface area contributed by atoms with Crippen molar-refractivity contribution >= 4 is 17.5 Å². The molecule has 0 unspecified atom stereocenters. The molecule has 114 valence electrons. The van der Waals surface area contributed by atoms with Gasteiger partial charge in [-0.3, -0.25) is 9.59 Å². The van der Waals surface area contributed by atoms with Gasteiger partial charge in [0.25, 0.3) is 0 Å². The number of hydrogen-bond acceptors (Lipinski definition) is 2. The quantitative estimate of drug-likeness (QED) is 0.859. The smallest absolute Gasteiger partial charge is 0.230 e. The predicted molar refractivity (Wildman–Crippen MR) is 81.1 cm³/mol. The molecular formula is C16H23N3O2. The summed E-state index contributed by atoms with van der Waals surface area (Å²) >= 11 is 0. The summed E-state index contributed by atoms with van der Waals surface area (Å²) in [7, 11) is 0. The molecule has 1 aromatic rings. The maximum atomic E-state index is 12.9. The zero-order valence-corrected chi connectivity index (χ0v) is 12.6. The van der Waals surface area contributed by atoms with Gasteiger partial charge in [-0.2, -0.15) is 0 Å². The number of nitrogens with one attached hydrogen (secondary N) is 1. The van der Waals surface area contributed by atoms with E-state index in [9.17, 15) is 9.59 Å². The van der Waals surface area contributed by atoms with E-state index in [0.717, 1.165) is 44.3 Å². The molecule has 0 radical (unpaired) electrons. The third-order valence-corrected chi connectivity index (χ3v) is 4.71. The Balaban J connectivity index is 1.70. The number of nitrogens with zero attached hydrogens (tertiary/aromatic N) is 2. The number of piperidine rings is 1. The Bertz CT molecular complexity index is 529. The van der Waals surface area contributed by atoms with Crippen LogP contribution < -0.4 is 4.90 Å². The highest BCUT2D eigenvalue weighted by atomic mass is 16.2. The Hall–Kier alpha value is -1.78. The molecule has 0 aromatic carbocycles. The molecular weight excluding hydrogens is 266 g/mol. The first-order chi connectivity index (χ1) is 10.2. The van der Waals surface area contributed by atoms with Crippen LogP contribution in [0.1, 0.15) is 38.3 Å². The molecule has 3 rings (SSSR count). The summed E-state index contributed by atoms with van der Waals surface area (Å²) in [4.78, 5) is 31.3. The van der Waals surface area contributed by atoms with Gasteiger partial charge in [0.1, 0.15) is 0 Å². The predicted octanol–water partition coefficient (Wildman–Crippen LogP) is 1.94. The number of fused-ring (bicyclic) bond motifs is 1. The van der Waals surface area contributed by atoms with Crippen LogP contribution in [0.4, 0.5) is 5.69 Å². The summed E-state index contributed by atoms with van der Waals surface area (Å²) in [6.45, 7) is 3.83. The van der Waals surface area contributed by atoms with E-state index in [-0.39, 0.29) is 17.7 Å². The number of rotatable bonds is 1. The molecule has 21 heavy (non-hydrogen) atoms. The van der Waals surface area contributed by atoms with Crippen molar-refractivity contribution in [2.24, 2.45) is 5.92 Å². The molecule has 2 aliphatic heterocycles. The average Bonchev–Trinajstić information content (AvgIpc) is 2.86. The largest absolute Gasteiger partial charge is 0.363 e. The minimum Gasteiger partial charge on any atom is -0.363 e. The van der Waals surface area contributed by atoms with Gasteiger partial charge in [-0.05, 0) is 38.2 Å². The first kappa shape index (κ1) is 14.2. The van der Waals surface area contributed by atoms with Crippen molar-refractivity contribution in [1.29, 1.82) is 0 Å². The number of carbonyl (C=O) groups excluding carboxylic acids is 2. The topological polar surface area (TPSA) is 56.4 Å². The van der Waals surface area contributed by atoms with Gasteiger partial charge in [-0.25, -0.2) is 0 Å².